The van der Waals surface area contributed by atoms with Crippen molar-refractivity contribution in [2.24, 2.45) is 0 Å². The van der Waals surface area contributed by atoms with Gasteiger partial charge in [0.15, 0.2) is 0 Å². The van der Waals surface area contributed by atoms with Crippen molar-refractivity contribution in [3.8, 4) is 11.5 Å². The fourth-order valence-electron chi connectivity index (χ4n) is 5.29. The van der Waals surface area contributed by atoms with E-state index >= 15 is 0 Å². The van der Waals surface area contributed by atoms with Gasteiger partial charge in [0.2, 0.25) is 0 Å². The van der Waals surface area contributed by atoms with Crippen LogP contribution < -0.4 is 9.47 Å². The van der Waals surface area contributed by atoms with Gasteiger partial charge in [-0.3, -0.25) is 14.5 Å². The molecule has 41 heavy (non-hydrogen) atoms. The molecule has 2 aliphatic heterocycles. The van der Waals surface area contributed by atoms with Crippen LogP contribution in [0.4, 0.5) is 0 Å². The number of aliphatic hydroxyl groups is 1. The highest BCUT2D eigenvalue weighted by atomic mass is 16.5. The summed E-state index contributed by atoms with van der Waals surface area (Å²) < 4.78 is 17.2. The van der Waals surface area contributed by atoms with Gasteiger partial charge in [-0.1, -0.05) is 45.2 Å². The topological polar surface area (TPSA) is 88.5 Å². The first-order chi connectivity index (χ1) is 19.9. The third-order valence-corrected chi connectivity index (χ3v) is 7.73. The molecule has 4 rings (SSSR count). The Morgan fingerprint density at radius 2 is 1.56 bits per heavy atom. The van der Waals surface area contributed by atoms with E-state index in [-0.39, 0.29) is 11.3 Å². The number of benzene rings is 2. The number of aryl methyl sites for hydroxylation is 1. The molecule has 0 bridgehead atoms. The number of amides is 1. The largest absolute Gasteiger partial charge is 0.507 e. The molecule has 2 aliphatic rings. The maximum atomic E-state index is 13.5. The summed E-state index contributed by atoms with van der Waals surface area (Å²) in [6.07, 6.45) is 5.22. The molecule has 1 atom stereocenters. The molecule has 1 N–H and O–H groups in total. The number of carbonyl (C=O) groups is 2. The molecule has 2 fully saturated rings. The van der Waals surface area contributed by atoms with Gasteiger partial charge in [0.25, 0.3) is 11.7 Å². The molecule has 0 aromatic heterocycles. The summed E-state index contributed by atoms with van der Waals surface area (Å²) in [6, 6.07) is 12.2. The molecule has 222 valence electrons. The van der Waals surface area contributed by atoms with Gasteiger partial charge in [0.1, 0.15) is 17.3 Å². The van der Waals surface area contributed by atoms with Crippen LogP contribution in [-0.2, 0) is 14.3 Å². The third kappa shape index (κ3) is 7.68. The average molecular weight is 565 g/mol. The predicted octanol–water partition coefficient (Wildman–Crippen LogP) is 5.50. The van der Waals surface area contributed by atoms with Crippen LogP contribution >= 0.6 is 0 Å². The van der Waals surface area contributed by atoms with Crippen LogP contribution in [0.25, 0.3) is 5.76 Å². The number of unbranched alkanes of at least 4 members (excludes halogenated alkanes) is 3. The highest BCUT2D eigenvalue weighted by Crippen LogP contribution is 2.40. The fourth-order valence-corrected chi connectivity index (χ4v) is 5.29. The molecule has 2 heterocycles. The Bertz CT molecular complexity index is 1200. The second-order valence-electron chi connectivity index (χ2n) is 10.7. The minimum Gasteiger partial charge on any atom is -0.507 e. The second kappa shape index (κ2) is 15.0. The number of Topliss-reactive ketones (excluding diaryl/α,β-unsaturated/α-hetero) is 1. The van der Waals surface area contributed by atoms with Gasteiger partial charge in [-0.15, -0.1) is 0 Å². The molecule has 0 spiro atoms. The summed E-state index contributed by atoms with van der Waals surface area (Å²) in [5, 5.41) is 11.6. The van der Waals surface area contributed by atoms with Crippen LogP contribution in [-0.4, -0.2) is 79.2 Å². The standard InChI is InChI=1S/C33H44N2O6/c1-4-6-8-20-40-26-11-9-25(10-12-26)30-29(31(36)28-14-13-27(23-24(28)3)41-19-7-5-2)32(37)33(38)35(30)16-15-34-17-21-39-22-18-34/h9-14,23,30,36H,4-8,15-22H2,1-3H3/b31-29+. The summed E-state index contributed by atoms with van der Waals surface area (Å²) in [7, 11) is 0. The lowest BCUT2D eigenvalue weighted by Crippen LogP contribution is -2.42. The molecule has 2 aromatic carbocycles. The van der Waals surface area contributed by atoms with E-state index in [9.17, 15) is 14.7 Å². The molecule has 2 saturated heterocycles. The van der Waals surface area contributed by atoms with Crippen LogP contribution in [0.2, 0.25) is 0 Å². The van der Waals surface area contributed by atoms with Gasteiger partial charge >= 0.3 is 0 Å². The zero-order valence-corrected chi connectivity index (χ0v) is 24.7. The Kier molecular flexibility index (Phi) is 11.2. The number of rotatable bonds is 14. The van der Waals surface area contributed by atoms with Crippen molar-refractivity contribution in [2.75, 3.05) is 52.6 Å². The Morgan fingerprint density at radius 1 is 0.902 bits per heavy atom. The van der Waals surface area contributed by atoms with Crippen LogP contribution in [0, 0.1) is 6.92 Å². The van der Waals surface area contributed by atoms with Crippen LogP contribution in [0.3, 0.4) is 0 Å². The van der Waals surface area contributed by atoms with E-state index in [0.29, 0.717) is 50.8 Å². The van der Waals surface area contributed by atoms with Crippen LogP contribution in [0.1, 0.15) is 68.7 Å². The molecule has 1 amide bonds. The number of likely N-dealkylation sites (tertiary alicyclic amines) is 1. The molecule has 0 aliphatic carbocycles. The minimum atomic E-state index is -0.704. The summed E-state index contributed by atoms with van der Waals surface area (Å²) in [5.41, 5.74) is 2.15. The number of ether oxygens (including phenoxy) is 3. The summed E-state index contributed by atoms with van der Waals surface area (Å²) in [4.78, 5) is 30.7. The molecule has 8 heteroatoms. The summed E-state index contributed by atoms with van der Waals surface area (Å²) in [6.45, 7) is 11.2. The first-order valence-corrected chi connectivity index (χ1v) is 15.0. The van der Waals surface area contributed by atoms with Crippen molar-refractivity contribution in [1.82, 2.24) is 9.80 Å². The third-order valence-electron chi connectivity index (χ3n) is 7.73. The van der Waals surface area contributed by atoms with Gasteiger partial charge < -0.3 is 24.2 Å². The summed E-state index contributed by atoms with van der Waals surface area (Å²) in [5.74, 6) is 0.0211. The lowest BCUT2D eigenvalue weighted by molar-refractivity contribution is -0.140. The maximum Gasteiger partial charge on any atom is 0.295 e. The first kappa shape index (κ1) is 30.6. The van der Waals surface area contributed by atoms with Gasteiger partial charge in [-0.05, 0) is 61.2 Å². The smallest absolute Gasteiger partial charge is 0.295 e. The van der Waals surface area contributed by atoms with Crippen molar-refractivity contribution in [2.45, 2.75) is 58.9 Å². The van der Waals surface area contributed by atoms with E-state index in [1.54, 1.807) is 17.0 Å². The van der Waals surface area contributed by atoms with E-state index in [1.165, 1.54) is 0 Å². The molecule has 0 saturated carbocycles. The lowest BCUT2D eigenvalue weighted by Gasteiger charge is -2.31. The normalized spacial score (nSPS) is 19.1. The van der Waals surface area contributed by atoms with E-state index in [0.717, 1.165) is 62.1 Å². The van der Waals surface area contributed by atoms with Crippen molar-refractivity contribution < 1.29 is 28.9 Å². The van der Waals surface area contributed by atoms with Crippen molar-refractivity contribution >= 4 is 17.4 Å². The van der Waals surface area contributed by atoms with Gasteiger partial charge in [0, 0.05) is 31.7 Å². The number of ketones is 1. The lowest BCUT2D eigenvalue weighted by atomic mass is 9.94. The zero-order chi connectivity index (χ0) is 29.2. The van der Waals surface area contributed by atoms with Gasteiger partial charge in [0.05, 0.1) is 38.0 Å². The summed E-state index contributed by atoms with van der Waals surface area (Å²) >= 11 is 0. The molecular formula is C33H44N2O6. The molecule has 8 nitrogen and oxygen atoms in total. The van der Waals surface area contributed by atoms with Crippen LogP contribution in [0.15, 0.2) is 48.0 Å². The van der Waals surface area contributed by atoms with E-state index in [2.05, 4.69) is 18.7 Å². The number of aliphatic hydroxyl groups excluding tert-OH is 1. The zero-order valence-electron chi connectivity index (χ0n) is 24.7. The van der Waals surface area contributed by atoms with Crippen molar-refractivity contribution in [1.29, 1.82) is 0 Å². The van der Waals surface area contributed by atoms with Crippen LogP contribution in [0.5, 0.6) is 11.5 Å². The van der Waals surface area contributed by atoms with E-state index in [4.69, 9.17) is 14.2 Å². The van der Waals surface area contributed by atoms with Crippen molar-refractivity contribution in [3.63, 3.8) is 0 Å². The Morgan fingerprint density at radius 3 is 2.24 bits per heavy atom. The molecule has 0 radical (unpaired) electrons. The molecule has 2 aromatic rings. The Labute approximate surface area is 243 Å². The van der Waals surface area contributed by atoms with Crippen molar-refractivity contribution in [3.05, 3.63) is 64.7 Å². The molecule has 1 unspecified atom stereocenters. The maximum absolute atomic E-state index is 13.5. The predicted molar refractivity (Wildman–Crippen MR) is 159 cm³/mol. The number of hydrogen-bond acceptors (Lipinski definition) is 7. The highest BCUT2D eigenvalue weighted by molar-refractivity contribution is 6.46. The number of carbonyl (C=O) groups excluding carboxylic acids is 2. The van der Waals surface area contributed by atoms with Gasteiger partial charge in [-0.25, -0.2) is 0 Å². The Hall–Kier alpha value is -3.36. The first-order valence-electron chi connectivity index (χ1n) is 15.0. The fraction of sp³-hybridized carbons (Fsp3) is 0.515. The van der Waals surface area contributed by atoms with Gasteiger partial charge in [-0.2, -0.15) is 0 Å². The second-order valence-corrected chi connectivity index (χ2v) is 10.7. The quantitative estimate of drug-likeness (QED) is 0.140. The SMILES string of the molecule is CCCCCOc1ccc(C2/C(=C(\O)c3ccc(OCCCC)cc3C)C(=O)C(=O)N2CCN2CCOCC2)cc1. The van der Waals surface area contributed by atoms with E-state index in [1.807, 2.05) is 37.3 Å². The minimum absolute atomic E-state index is 0.108. The molecular weight excluding hydrogens is 520 g/mol. The Balaban J connectivity index is 1.65. The number of morpholine rings is 1. The highest BCUT2D eigenvalue weighted by Gasteiger charge is 2.46. The van der Waals surface area contributed by atoms with E-state index < -0.39 is 17.7 Å². The average Bonchev–Trinajstić information content (AvgIpc) is 3.24. The monoisotopic (exact) mass is 564 g/mol. The number of nitrogens with zero attached hydrogens (tertiary/aromatic N) is 2. The number of hydrogen-bond donors (Lipinski definition) is 1.